The van der Waals surface area contributed by atoms with Crippen LogP contribution in [-0.2, 0) is 12.8 Å². The van der Waals surface area contributed by atoms with Crippen molar-refractivity contribution in [3.8, 4) is 0 Å². The quantitative estimate of drug-likeness (QED) is 0.789. The molecule has 1 saturated heterocycles. The summed E-state index contributed by atoms with van der Waals surface area (Å²) in [6.07, 6.45) is 6.28. The molecule has 1 aliphatic heterocycles. The number of nitrogens with zero attached hydrogens (tertiary/aromatic N) is 3. The van der Waals surface area contributed by atoms with Crippen molar-refractivity contribution in [1.29, 1.82) is 0 Å². The van der Waals surface area contributed by atoms with Gasteiger partial charge in [-0.15, -0.1) is 0 Å². The van der Waals surface area contributed by atoms with Gasteiger partial charge in [0.05, 0.1) is 0 Å². The molecule has 17 heavy (non-hydrogen) atoms. The van der Waals surface area contributed by atoms with Gasteiger partial charge in [-0.3, -0.25) is 0 Å². The zero-order valence-electron chi connectivity index (χ0n) is 10.4. The van der Waals surface area contributed by atoms with Crippen molar-refractivity contribution in [2.24, 2.45) is 11.7 Å². The molecular formula is C13H20N4. The van der Waals surface area contributed by atoms with E-state index in [1.54, 1.807) is 6.33 Å². The SMILES string of the molecule is CC1CN(c2ncnc3c2CCC3)CCC1N. The summed E-state index contributed by atoms with van der Waals surface area (Å²) in [7, 11) is 0. The Morgan fingerprint density at radius 2 is 2.24 bits per heavy atom. The first kappa shape index (κ1) is 11.0. The Kier molecular flexibility index (Phi) is 2.74. The molecule has 0 bridgehead atoms. The maximum absolute atomic E-state index is 6.07. The zero-order chi connectivity index (χ0) is 11.8. The highest BCUT2D eigenvalue weighted by Gasteiger charge is 2.27. The Hall–Kier alpha value is -1.16. The molecule has 92 valence electrons. The molecule has 2 N–H and O–H groups in total. The number of aromatic nitrogens is 2. The van der Waals surface area contributed by atoms with E-state index in [2.05, 4.69) is 21.8 Å². The van der Waals surface area contributed by atoms with Crippen LogP contribution >= 0.6 is 0 Å². The molecule has 2 aliphatic rings. The molecule has 0 radical (unpaired) electrons. The average Bonchev–Trinajstić information content (AvgIpc) is 2.80. The van der Waals surface area contributed by atoms with E-state index in [9.17, 15) is 0 Å². The highest BCUT2D eigenvalue weighted by molar-refractivity contribution is 5.50. The van der Waals surface area contributed by atoms with Gasteiger partial charge in [-0.25, -0.2) is 9.97 Å². The van der Waals surface area contributed by atoms with E-state index in [0.717, 1.165) is 32.4 Å². The predicted octanol–water partition coefficient (Wildman–Crippen LogP) is 1.14. The lowest BCUT2D eigenvalue weighted by Crippen LogP contribution is -2.46. The number of anilines is 1. The molecule has 3 rings (SSSR count). The molecule has 2 unspecified atom stereocenters. The van der Waals surface area contributed by atoms with Crippen LogP contribution in [0.5, 0.6) is 0 Å². The van der Waals surface area contributed by atoms with E-state index in [0.29, 0.717) is 12.0 Å². The normalized spacial score (nSPS) is 28.2. The Morgan fingerprint density at radius 1 is 1.35 bits per heavy atom. The van der Waals surface area contributed by atoms with E-state index >= 15 is 0 Å². The largest absolute Gasteiger partial charge is 0.356 e. The van der Waals surface area contributed by atoms with Gasteiger partial charge in [0.25, 0.3) is 0 Å². The van der Waals surface area contributed by atoms with Crippen molar-refractivity contribution in [2.45, 2.75) is 38.6 Å². The standard InChI is InChI=1S/C13H20N4/c1-9-7-17(6-5-11(9)14)13-10-3-2-4-12(10)15-8-16-13/h8-9,11H,2-7,14H2,1H3. The fourth-order valence-electron chi connectivity index (χ4n) is 2.97. The summed E-state index contributed by atoms with van der Waals surface area (Å²) >= 11 is 0. The molecule has 1 fully saturated rings. The first-order valence-electron chi connectivity index (χ1n) is 6.59. The molecule has 2 heterocycles. The highest BCUT2D eigenvalue weighted by atomic mass is 15.2. The number of rotatable bonds is 1. The molecule has 0 saturated carbocycles. The van der Waals surface area contributed by atoms with Crippen LogP contribution in [0.3, 0.4) is 0 Å². The summed E-state index contributed by atoms with van der Waals surface area (Å²) in [5, 5.41) is 0. The number of aryl methyl sites for hydroxylation is 1. The van der Waals surface area contributed by atoms with Crippen LogP contribution in [0.2, 0.25) is 0 Å². The Labute approximate surface area is 102 Å². The summed E-state index contributed by atoms with van der Waals surface area (Å²) in [4.78, 5) is 11.3. The maximum Gasteiger partial charge on any atom is 0.135 e. The van der Waals surface area contributed by atoms with Gasteiger partial charge in [0.1, 0.15) is 12.1 Å². The lowest BCUT2D eigenvalue weighted by Gasteiger charge is -2.36. The van der Waals surface area contributed by atoms with Crippen molar-refractivity contribution in [3.05, 3.63) is 17.6 Å². The highest BCUT2D eigenvalue weighted by Crippen LogP contribution is 2.30. The average molecular weight is 232 g/mol. The maximum atomic E-state index is 6.07. The van der Waals surface area contributed by atoms with E-state index in [1.807, 2.05) is 0 Å². The van der Waals surface area contributed by atoms with Crippen molar-refractivity contribution >= 4 is 5.82 Å². The summed E-state index contributed by atoms with van der Waals surface area (Å²) < 4.78 is 0. The fraction of sp³-hybridized carbons (Fsp3) is 0.692. The molecule has 4 heteroatoms. The van der Waals surface area contributed by atoms with Crippen LogP contribution < -0.4 is 10.6 Å². The molecule has 0 aromatic carbocycles. The summed E-state index contributed by atoms with van der Waals surface area (Å²) in [5.74, 6) is 1.72. The summed E-state index contributed by atoms with van der Waals surface area (Å²) in [6, 6.07) is 0.348. The third-order valence-electron chi connectivity index (χ3n) is 4.12. The van der Waals surface area contributed by atoms with Gasteiger partial charge in [0, 0.05) is 30.4 Å². The van der Waals surface area contributed by atoms with Crippen LogP contribution in [-0.4, -0.2) is 29.1 Å². The van der Waals surface area contributed by atoms with Gasteiger partial charge < -0.3 is 10.6 Å². The second-order valence-corrected chi connectivity index (χ2v) is 5.35. The second kappa shape index (κ2) is 4.26. The third kappa shape index (κ3) is 1.90. The molecular weight excluding hydrogens is 212 g/mol. The predicted molar refractivity (Wildman–Crippen MR) is 68.0 cm³/mol. The molecule has 1 aromatic rings. The minimum Gasteiger partial charge on any atom is -0.356 e. The van der Waals surface area contributed by atoms with E-state index in [1.165, 1.54) is 23.5 Å². The number of nitrogens with two attached hydrogens (primary N) is 1. The van der Waals surface area contributed by atoms with E-state index in [4.69, 9.17) is 5.73 Å². The van der Waals surface area contributed by atoms with Gasteiger partial charge in [0.2, 0.25) is 0 Å². The molecule has 1 aliphatic carbocycles. The number of fused-ring (bicyclic) bond motifs is 1. The van der Waals surface area contributed by atoms with Crippen molar-refractivity contribution in [1.82, 2.24) is 9.97 Å². The lowest BCUT2D eigenvalue weighted by molar-refractivity contribution is 0.381. The topological polar surface area (TPSA) is 55.0 Å². The van der Waals surface area contributed by atoms with Crippen molar-refractivity contribution in [3.63, 3.8) is 0 Å². The zero-order valence-corrected chi connectivity index (χ0v) is 10.4. The molecule has 0 spiro atoms. The number of piperidine rings is 1. The van der Waals surface area contributed by atoms with Crippen LogP contribution in [0.15, 0.2) is 6.33 Å². The number of hydrogen-bond donors (Lipinski definition) is 1. The number of hydrogen-bond acceptors (Lipinski definition) is 4. The molecule has 1 aromatic heterocycles. The fourth-order valence-corrected chi connectivity index (χ4v) is 2.97. The first-order valence-corrected chi connectivity index (χ1v) is 6.59. The molecule has 2 atom stereocenters. The minimum absolute atomic E-state index is 0.348. The Balaban J connectivity index is 1.87. The summed E-state index contributed by atoms with van der Waals surface area (Å²) in [6.45, 7) is 4.30. The molecule has 4 nitrogen and oxygen atoms in total. The lowest BCUT2D eigenvalue weighted by atomic mass is 9.94. The van der Waals surface area contributed by atoms with Crippen LogP contribution in [0.1, 0.15) is 31.0 Å². The smallest absolute Gasteiger partial charge is 0.135 e. The first-order chi connectivity index (χ1) is 8.25. The van der Waals surface area contributed by atoms with E-state index in [-0.39, 0.29) is 0 Å². The van der Waals surface area contributed by atoms with Gasteiger partial charge in [-0.05, 0) is 31.6 Å². The van der Waals surface area contributed by atoms with Gasteiger partial charge in [-0.1, -0.05) is 6.92 Å². The third-order valence-corrected chi connectivity index (χ3v) is 4.12. The second-order valence-electron chi connectivity index (χ2n) is 5.35. The monoisotopic (exact) mass is 232 g/mol. The molecule has 0 amide bonds. The van der Waals surface area contributed by atoms with Crippen LogP contribution in [0.4, 0.5) is 5.82 Å². The van der Waals surface area contributed by atoms with Gasteiger partial charge >= 0.3 is 0 Å². The van der Waals surface area contributed by atoms with Crippen LogP contribution in [0, 0.1) is 5.92 Å². The van der Waals surface area contributed by atoms with Gasteiger partial charge in [-0.2, -0.15) is 0 Å². The Bertz CT molecular complexity index is 418. The van der Waals surface area contributed by atoms with Crippen molar-refractivity contribution in [2.75, 3.05) is 18.0 Å². The van der Waals surface area contributed by atoms with Crippen molar-refractivity contribution < 1.29 is 0 Å². The van der Waals surface area contributed by atoms with Crippen LogP contribution in [0.25, 0.3) is 0 Å². The minimum atomic E-state index is 0.348. The van der Waals surface area contributed by atoms with Gasteiger partial charge in [0.15, 0.2) is 0 Å². The Morgan fingerprint density at radius 3 is 3.06 bits per heavy atom. The summed E-state index contributed by atoms with van der Waals surface area (Å²) in [5.41, 5.74) is 8.72. The van der Waals surface area contributed by atoms with E-state index < -0.39 is 0 Å².